The van der Waals surface area contributed by atoms with Gasteiger partial charge in [-0.15, -0.1) is 5.10 Å². The number of halogens is 9. The molecule has 0 bridgehead atoms. The van der Waals surface area contributed by atoms with Crippen LogP contribution in [-0.4, -0.2) is 39.1 Å². The van der Waals surface area contributed by atoms with Gasteiger partial charge in [-0.2, -0.15) is 54.9 Å². The Morgan fingerprint density at radius 1 is 1.00 bits per heavy atom. The molecule has 1 aromatic heterocycles. The molecule has 1 aliphatic heterocycles. The van der Waals surface area contributed by atoms with Crippen LogP contribution in [-0.2, 0) is 32.1 Å². The van der Waals surface area contributed by atoms with Crippen molar-refractivity contribution in [2.24, 2.45) is 23.1 Å². The minimum absolute atomic E-state index is 0.00828. The summed E-state index contributed by atoms with van der Waals surface area (Å²) >= 11 is 0. The molecule has 1 aliphatic rings. The van der Waals surface area contributed by atoms with Crippen LogP contribution in [0.1, 0.15) is 52.3 Å². The van der Waals surface area contributed by atoms with Gasteiger partial charge < -0.3 is 15.6 Å². The first-order valence-corrected chi connectivity index (χ1v) is 12.9. The zero-order valence-corrected chi connectivity index (χ0v) is 23.1. The van der Waals surface area contributed by atoms with Crippen molar-refractivity contribution in [2.75, 3.05) is 22.9 Å². The van der Waals surface area contributed by atoms with Crippen molar-refractivity contribution in [3.63, 3.8) is 0 Å². The molecule has 0 aliphatic carbocycles. The molecule has 1 atom stereocenters. The van der Waals surface area contributed by atoms with E-state index in [-0.39, 0.29) is 59.7 Å². The fraction of sp³-hybridized carbons (Fsp3) is 0.440. The Bertz CT molecular complexity index is 1510. The second-order valence-corrected chi connectivity index (χ2v) is 10.1. The molecule has 44 heavy (non-hydrogen) atoms. The molecule has 2 aromatic carbocycles. The quantitative estimate of drug-likeness (QED) is 0.103. The van der Waals surface area contributed by atoms with Crippen LogP contribution in [0.3, 0.4) is 0 Å². The molecule has 0 amide bonds. The Balaban J connectivity index is 1.92. The Morgan fingerprint density at radius 3 is 2.14 bits per heavy atom. The smallest absolute Gasteiger partial charge is 0.363 e. The highest BCUT2D eigenvalue weighted by Gasteiger charge is 2.39. The molecule has 0 unspecified atom stereocenters. The number of aryl methyl sites for hydroxylation is 2. The number of fused-ring (bicyclic) bond motifs is 1. The van der Waals surface area contributed by atoms with Gasteiger partial charge in [0.2, 0.25) is 5.84 Å². The monoisotopic (exact) mass is 637 g/mol. The van der Waals surface area contributed by atoms with Gasteiger partial charge in [0.05, 0.1) is 36.3 Å². The summed E-state index contributed by atoms with van der Waals surface area (Å²) in [4.78, 5) is 3.87. The van der Waals surface area contributed by atoms with Gasteiger partial charge in [-0.1, -0.05) is 11.2 Å². The molecule has 10 nitrogen and oxygen atoms in total. The Hall–Kier alpha value is -4.45. The van der Waals surface area contributed by atoms with E-state index in [1.54, 1.807) is 0 Å². The largest absolute Gasteiger partial charge is 0.416 e. The Morgan fingerprint density at radius 2 is 1.64 bits per heavy atom. The maximum absolute atomic E-state index is 14.0. The zero-order chi connectivity index (χ0) is 32.6. The van der Waals surface area contributed by atoms with Gasteiger partial charge >= 0.3 is 18.5 Å². The van der Waals surface area contributed by atoms with Crippen LogP contribution in [0.2, 0.25) is 0 Å². The van der Waals surface area contributed by atoms with Gasteiger partial charge in [-0.25, -0.2) is 0 Å². The SMILES string of the molecule is Cc1cc2c(cc1C(F)(F)F)N(CC(N=[NH2+])=NN)CCC[C@@H]2N(Cc1cc(C(F)(F)F)cc(C(F)(F)F)c1)c1nnn(C)n1. The lowest BCUT2D eigenvalue weighted by molar-refractivity contribution is -0.207. The second-order valence-electron chi connectivity index (χ2n) is 10.1. The van der Waals surface area contributed by atoms with Crippen LogP contribution in [0.15, 0.2) is 40.5 Å². The molecule has 4 N–H and O–H groups in total. The minimum atomic E-state index is -5.09. The minimum Gasteiger partial charge on any atom is -0.363 e. The molecule has 0 radical (unpaired) electrons. The average Bonchev–Trinajstić information content (AvgIpc) is 3.28. The summed E-state index contributed by atoms with van der Waals surface area (Å²) in [5, 5.41) is 18.7. The Labute approximate surface area is 243 Å². The fourth-order valence-corrected chi connectivity index (χ4v) is 5.11. The van der Waals surface area contributed by atoms with Gasteiger partial charge in [0.15, 0.2) is 0 Å². The summed E-state index contributed by atoms with van der Waals surface area (Å²) in [6.45, 7) is 0.641. The standard InChI is InChI=1S/C25H25F9N10/c1-13-6-17-19(4-3-5-43(12-21(37-35)38-36)20(17)10-18(13)25(32,33)34)44(22-39-41-42(2)40-22)11-14-7-15(23(26,27)28)9-16(8-14)24(29,30)31/h6-10,19,35H,3-5,11-12,36H2,1-2H3/p+1/t19-/m0/s1. The van der Waals surface area contributed by atoms with Crippen LogP contribution >= 0.6 is 0 Å². The van der Waals surface area contributed by atoms with E-state index in [4.69, 9.17) is 11.4 Å². The summed E-state index contributed by atoms with van der Waals surface area (Å²) in [7, 11) is 1.40. The van der Waals surface area contributed by atoms with Crippen molar-refractivity contribution < 1.29 is 45.0 Å². The highest BCUT2D eigenvalue weighted by Crippen LogP contribution is 2.44. The van der Waals surface area contributed by atoms with Gasteiger partial charge in [0.25, 0.3) is 5.95 Å². The molecular formula is C25H26F9N10+. The third-order valence-electron chi connectivity index (χ3n) is 7.05. The predicted molar refractivity (Wildman–Crippen MR) is 138 cm³/mol. The fourth-order valence-electron chi connectivity index (χ4n) is 5.11. The van der Waals surface area contributed by atoms with E-state index in [0.29, 0.717) is 18.6 Å². The average molecular weight is 638 g/mol. The highest BCUT2D eigenvalue weighted by atomic mass is 19.4. The first-order valence-electron chi connectivity index (χ1n) is 12.9. The summed E-state index contributed by atoms with van der Waals surface area (Å²) in [6, 6.07) is 2.44. The van der Waals surface area contributed by atoms with Crippen molar-refractivity contribution in [2.45, 2.75) is 50.9 Å². The van der Waals surface area contributed by atoms with E-state index in [9.17, 15) is 39.5 Å². The van der Waals surface area contributed by atoms with E-state index < -0.39 is 47.8 Å². The number of anilines is 2. The number of benzene rings is 2. The van der Waals surface area contributed by atoms with Crippen LogP contribution in [0.4, 0.5) is 51.1 Å². The van der Waals surface area contributed by atoms with Crippen LogP contribution in [0.5, 0.6) is 0 Å². The maximum Gasteiger partial charge on any atom is 0.416 e. The number of alkyl halides is 9. The van der Waals surface area contributed by atoms with Gasteiger partial charge in [-0.05, 0) is 65.9 Å². The Kier molecular flexibility index (Phi) is 8.79. The van der Waals surface area contributed by atoms with Crippen molar-refractivity contribution in [3.05, 3.63) is 63.7 Å². The molecule has 19 heteroatoms. The van der Waals surface area contributed by atoms with E-state index in [1.165, 1.54) is 29.8 Å². The first-order chi connectivity index (χ1) is 20.4. The molecule has 238 valence electrons. The van der Waals surface area contributed by atoms with E-state index in [0.717, 1.165) is 10.9 Å². The lowest BCUT2D eigenvalue weighted by Gasteiger charge is -2.33. The number of hydrogen-bond acceptors (Lipinski definition) is 7. The summed E-state index contributed by atoms with van der Waals surface area (Å²) < 4.78 is 124. The van der Waals surface area contributed by atoms with Gasteiger partial charge in [0, 0.05) is 23.9 Å². The third-order valence-corrected chi connectivity index (χ3v) is 7.05. The lowest BCUT2D eigenvalue weighted by atomic mass is 9.94. The molecule has 2 heterocycles. The van der Waals surface area contributed by atoms with E-state index in [2.05, 4.69) is 25.6 Å². The zero-order valence-electron chi connectivity index (χ0n) is 23.1. The van der Waals surface area contributed by atoms with Crippen molar-refractivity contribution in [3.8, 4) is 0 Å². The lowest BCUT2D eigenvalue weighted by Crippen LogP contribution is -2.36. The van der Waals surface area contributed by atoms with Crippen molar-refractivity contribution in [1.29, 1.82) is 0 Å². The van der Waals surface area contributed by atoms with Crippen LogP contribution in [0.25, 0.3) is 0 Å². The molecule has 0 saturated carbocycles. The molecular weight excluding hydrogens is 611 g/mol. The predicted octanol–water partition coefficient (Wildman–Crippen LogP) is 4.41. The number of hydrazone groups is 1. The van der Waals surface area contributed by atoms with Crippen LogP contribution in [0, 0.1) is 6.92 Å². The number of nitrogens with two attached hydrogens (primary N) is 2. The molecule has 0 spiro atoms. The number of amidine groups is 1. The van der Waals surface area contributed by atoms with Crippen molar-refractivity contribution >= 4 is 17.5 Å². The van der Waals surface area contributed by atoms with Crippen LogP contribution < -0.4 is 21.2 Å². The highest BCUT2D eigenvalue weighted by molar-refractivity contribution is 5.87. The molecule has 0 fully saturated rings. The maximum atomic E-state index is 14.0. The topological polar surface area (TPSA) is 126 Å². The van der Waals surface area contributed by atoms with Gasteiger partial charge in [0.1, 0.15) is 0 Å². The summed E-state index contributed by atoms with van der Waals surface area (Å²) in [5.41, 5.74) is 1.12. The number of aromatic nitrogens is 4. The van der Waals surface area contributed by atoms with E-state index in [1.807, 2.05) is 0 Å². The third kappa shape index (κ3) is 7.02. The van der Waals surface area contributed by atoms with Crippen molar-refractivity contribution in [1.82, 2.24) is 20.2 Å². The summed E-state index contributed by atoms with van der Waals surface area (Å²) in [5.74, 6) is 5.07. The number of hydrogen-bond donors (Lipinski definition) is 2. The molecule has 4 rings (SSSR count). The number of nitrogens with zero attached hydrogens (tertiary/aromatic N) is 8. The van der Waals surface area contributed by atoms with Gasteiger partial charge in [-0.3, -0.25) is 0 Å². The number of rotatable bonds is 6. The number of tetrazole rings is 1. The molecule has 0 saturated heterocycles. The molecule has 3 aromatic rings. The van der Waals surface area contributed by atoms with E-state index >= 15 is 0 Å². The normalized spacial score (nSPS) is 16.5. The first kappa shape index (κ1) is 32.5. The second kappa shape index (κ2) is 11.9. The summed E-state index contributed by atoms with van der Waals surface area (Å²) in [6.07, 6.45) is -14.4.